The molecular formula is C9H7N3O2S. The van der Waals surface area contributed by atoms with E-state index in [0.29, 0.717) is 10.6 Å². The quantitative estimate of drug-likeness (QED) is 0.576. The molecule has 1 aromatic heterocycles. The van der Waals surface area contributed by atoms with Gasteiger partial charge in [-0.25, -0.2) is 0 Å². The van der Waals surface area contributed by atoms with Crippen LogP contribution in [0.3, 0.4) is 0 Å². The Kier molecular flexibility index (Phi) is 2.42. The van der Waals surface area contributed by atoms with E-state index in [2.05, 4.69) is 10.2 Å². The summed E-state index contributed by atoms with van der Waals surface area (Å²) in [5.41, 5.74) is 0.585. The number of nitrogens with zero attached hydrogens (tertiary/aromatic N) is 3. The highest BCUT2D eigenvalue weighted by atomic mass is 32.1. The van der Waals surface area contributed by atoms with Gasteiger partial charge < -0.3 is 0 Å². The van der Waals surface area contributed by atoms with E-state index in [0.717, 1.165) is 5.01 Å². The Morgan fingerprint density at radius 3 is 2.67 bits per heavy atom. The third kappa shape index (κ3) is 1.84. The molecule has 0 amide bonds. The zero-order valence-corrected chi connectivity index (χ0v) is 8.69. The van der Waals surface area contributed by atoms with Crippen molar-refractivity contribution in [1.29, 1.82) is 0 Å². The monoisotopic (exact) mass is 221 g/mol. The molecule has 0 spiro atoms. The molecule has 76 valence electrons. The topological polar surface area (TPSA) is 68.9 Å². The number of benzene rings is 1. The van der Waals surface area contributed by atoms with Crippen LogP contribution in [0.4, 0.5) is 5.69 Å². The summed E-state index contributed by atoms with van der Waals surface area (Å²) in [7, 11) is 0. The Balaban J connectivity index is 2.57. The lowest BCUT2D eigenvalue weighted by atomic mass is 10.2. The van der Waals surface area contributed by atoms with Gasteiger partial charge in [0.05, 0.1) is 10.5 Å². The number of nitro groups is 1. The van der Waals surface area contributed by atoms with Crippen molar-refractivity contribution in [2.75, 3.05) is 0 Å². The fraction of sp³-hybridized carbons (Fsp3) is 0.111. The average molecular weight is 221 g/mol. The van der Waals surface area contributed by atoms with Gasteiger partial charge in [-0.15, -0.1) is 10.2 Å². The van der Waals surface area contributed by atoms with Gasteiger partial charge in [-0.1, -0.05) is 23.5 Å². The Morgan fingerprint density at radius 1 is 1.33 bits per heavy atom. The van der Waals surface area contributed by atoms with Crippen LogP contribution in [0, 0.1) is 17.0 Å². The smallest absolute Gasteiger partial charge is 0.258 e. The molecule has 0 aliphatic carbocycles. The highest BCUT2D eigenvalue weighted by molar-refractivity contribution is 7.14. The zero-order chi connectivity index (χ0) is 10.8. The van der Waals surface area contributed by atoms with Crippen LogP contribution in [0.2, 0.25) is 0 Å². The second kappa shape index (κ2) is 3.74. The summed E-state index contributed by atoms with van der Waals surface area (Å²) in [6.07, 6.45) is 0. The molecule has 6 heteroatoms. The first-order chi connectivity index (χ1) is 7.18. The summed E-state index contributed by atoms with van der Waals surface area (Å²) in [5.74, 6) is 0. The van der Waals surface area contributed by atoms with E-state index in [9.17, 15) is 10.1 Å². The summed E-state index contributed by atoms with van der Waals surface area (Å²) in [6.45, 7) is 1.82. The van der Waals surface area contributed by atoms with Crippen LogP contribution in [0.1, 0.15) is 5.01 Å². The molecule has 0 atom stereocenters. The number of aryl methyl sites for hydroxylation is 1. The van der Waals surface area contributed by atoms with E-state index in [4.69, 9.17) is 0 Å². The molecule has 0 radical (unpaired) electrons. The molecule has 5 nitrogen and oxygen atoms in total. The zero-order valence-electron chi connectivity index (χ0n) is 7.88. The van der Waals surface area contributed by atoms with Crippen molar-refractivity contribution in [3.63, 3.8) is 0 Å². The molecule has 15 heavy (non-hydrogen) atoms. The first-order valence-corrected chi connectivity index (χ1v) is 5.04. The molecular weight excluding hydrogens is 214 g/mol. The number of rotatable bonds is 2. The fourth-order valence-corrected chi connectivity index (χ4v) is 1.94. The van der Waals surface area contributed by atoms with E-state index in [1.54, 1.807) is 18.2 Å². The summed E-state index contributed by atoms with van der Waals surface area (Å²) in [5, 5.41) is 19.9. The fourth-order valence-electron chi connectivity index (χ4n) is 1.22. The molecule has 2 rings (SSSR count). The lowest BCUT2D eigenvalue weighted by Crippen LogP contribution is -1.90. The first-order valence-electron chi connectivity index (χ1n) is 4.22. The molecule has 0 aliphatic rings. The van der Waals surface area contributed by atoms with Crippen molar-refractivity contribution in [1.82, 2.24) is 10.2 Å². The molecule has 1 aromatic carbocycles. The maximum absolute atomic E-state index is 10.8. The van der Waals surface area contributed by atoms with E-state index in [1.807, 2.05) is 6.92 Å². The first kappa shape index (κ1) is 9.72. The number of aromatic nitrogens is 2. The van der Waals surface area contributed by atoms with Gasteiger partial charge in [-0.05, 0) is 13.0 Å². The summed E-state index contributed by atoms with van der Waals surface area (Å²) in [4.78, 5) is 10.4. The van der Waals surface area contributed by atoms with Crippen LogP contribution >= 0.6 is 11.3 Å². The minimum Gasteiger partial charge on any atom is -0.258 e. The maximum Gasteiger partial charge on any atom is 0.279 e. The predicted molar refractivity (Wildman–Crippen MR) is 56.7 cm³/mol. The van der Waals surface area contributed by atoms with Gasteiger partial charge in [-0.3, -0.25) is 10.1 Å². The van der Waals surface area contributed by atoms with Crippen LogP contribution in [-0.2, 0) is 0 Å². The lowest BCUT2D eigenvalue weighted by molar-refractivity contribution is -0.384. The van der Waals surface area contributed by atoms with Gasteiger partial charge in [-0.2, -0.15) is 0 Å². The number of hydrogen-bond acceptors (Lipinski definition) is 5. The average Bonchev–Trinajstić information content (AvgIpc) is 2.65. The van der Waals surface area contributed by atoms with E-state index in [-0.39, 0.29) is 5.69 Å². The van der Waals surface area contributed by atoms with E-state index >= 15 is 0 Å². The van der Waals surface area contributed by atoms with Crippen LogP contribution in [-0.4, -0.2) is 15.1 Å². The van der Waals surface area contributed by atoms with Crippen molar-refractivity contribution >= 4 is 17.0 Å². The molecule has 2 aromatic rings. The van der Waals surface area contributed by atoms with Crippen molar-refractivity contribution in [2.24, 2.45) is 0 Å². The van der Waals surface area contributed by atoms with Gasteiger partial charge in [0.2, 0.25) is 0 Å². The molecule has 0 fully saturated rings. The van der Waals surface area contributed by atoms with Crippen molar-refractivity contribution in [2.45, 2.75) is 6.92 Å². The molecule has 0 N–H and O–H groups in total. The summed E-state index contributed by atoms with van der Waals surface area (Å²) in [6, 6.07) is 6.53. The third-order valence-corrected chi connectivity index (χ3v) is 2.73. The maximum atomic E-state index is 10.8. The Bertz CT molecular complexity index is 510. The minimum atomic E-state index is -0.411. The molecule has 0 aliphatic heterocycles. The molecule has 0 saturated carbocycles. The molecule has 1 heterocycles. The predicted octanol–water partition coefficient (Wildman–Crippen LogP) is 2.42. The van der Waals surface area contributed by atoms with E-state index < -0.39 is 4.92 Å². The largest absolute Gasteiger partial charge is 0.279 e. The van der Waals surface area contributed by atoms with Gasteiger partial charge in [0.1, 0.15) is 5.01 Å². The molecule has 0 bridgehead atoms. The van der Waals surface area contributed by atoms with Gasteiger partial charge in [0.25, 0.3) is 5.69 Å². The second-order valence-electron chi connectivity index (χ2n) is 2.90. The van der Waals surface area contributed by atoms with Crippen LogP contribution in [0.25, 0.3) is 10.6 Å². The highest BCUT2D eigenvalue weighted by Crippen LogP contribution is 2.31. The van der Waals surface area contributed by atoms with Gasteiger partial charge in [0.15, 0.2) is 5.01 Å². The number of para-hydroxylation sites is 1. The molecule has 0 saturated heterocycles. The second-order valence-corrected chi connectivity index (χ2v) is 4.08. The Labute approximate surface area is 89.6 Å². The Hall–Kier alpha value is -1.82. The van der Waals surface area contributed by atoms with E-state index in [1.165, 1.54) is 17.4 Å². The van der Waals surface area contributed by atoms with Crippen LogP contribution in [0.5, 0.6) is 0 Å². The molecule has 0 unspecified atom stereocenters. The third-order valence-electron chi connectivity index (χ3n) is 1.86. The summed E-state index contributed by atoms with van der Waals surface area (Å²) >= 11 is 1.35. The van der Waals surface area contributed by atoms with Gasteiger partial charge >= 0.3 is 0 Å². The normalized spacial score (nSPS) is 10.2. The highest BCUT2D eigenvalue weighted by Gasteiger charge is 2.16. The summed E-state index contributed by atoms with van der Waals surface area (Å²) < 4.78 is 0. The van der Waals surface area contributed by atoms with Crippen molar-refractivity contribution in [3.05, 3.63) is 39.4 Å². The Morgan fingerprint density at radius 2 is 2.07 bits per heavy atom. The van der Waals surface area contributed by atoms with Crippen molar-refractivity contribution in [3.8, 4) is 10.6 Å². The van der Waals surface area contributed by atoms with Crippen molar-refractivity contribution < 1.29 is 4.92 Å². The minimum absolute atomic E-state index is 0.0636. The number of nitro benzene ring substituents is 1. The van der Waals surface area contributed by atoms with Gasteiger partial charge in [0, 0.05) is 6.07 Å². The SMILES string of the molecule is Cc1nnc(-c2ccccc2[N+](=O)[O-])s1. The van der Waals surface area contributed by atoms with Crippen LogP contribution < -0.4 is 0 Å². The standard InChI is InChI=1S/C9H7N3O2S/c1-6-10-11-9(15-6)7-4-2-3-5-8(7)12(13)14/h2-5H,1H3. The lowest BCUT2D eigenvalue weighted by Gasteiger charge is -1.96. The number of hydrogen-bond donors (Lipinski definition) is 0. The van der Waals surface area contributed by atoms with Crippen LogP contribution in [0.15, 0.2) is 24.3 Å².